The van der Waals surface area contributed by atoms with Gasteiger partial charge in [-0.2, -0.15) is 5.21 Å². The molecule has 1 amide bonds. The molecular weight excluding hydrogens is 170 g/mol. The Morgan fingerprint density at radius 3 is 3.00 bits per heavy atom. The van der Waals surface area contributed by atoms with E-state index in [0.29, 0.717) is 13.1 Å². The Balaban J connectivity index is 2.70. The van der Waals surface area contributed by atoms with Gasteiger partial charge in [0.2, 0.25) is 0 Å². The molecule has 13 heavy (non-hydrogen) atoms. The topological polar surface area (TPSA) is 74.8 Å². The molecule has 0 aliphatic carbocycles. The molecule has 1 heterocycles. The van der Waals surface area contributed by atoms with Gasteiger partial charge >= 0.3 is 0 Å². The normalized spacial score (nSPS) is 9.62. The number of rotatable bonds is 4. The quantitative estimate of drug-likeness (QED) is 0.655. The summed E-state index contributed by atoms with van der Waals surface area (Å²) in [4.78, 5) is 13.1. The zero-order valence-corrected chi connectivity index (χ0v) is 7.40. The minimum atomic E-state index is -0.240. The number of hydrogen-bond donors (Lipinski definition) is 1. The van der Waals surface area contributed by atoms with Crippen molar-refractivity contribution in [1.82, 2.24) is 25.5 Å². The molecule has 0 radical (unpaired) electrons. The van der Waals surface area contributed by atoms with E-state index in [1.807, 2.05) is 6.92 Å². The van der Waals surface area contributed by atoms with Gasteiger partial charge in [-0.25, -0.2) is 0 Å². The van der Waals surface area contributed by atoms with Crippen LogP contribution in [0.25, 0.3) is 0 Å². The number of carbonyl (C=O) groups is 1. The Bertz CT molecular complexity index is 281. The fourth-order valence-electron chi connectivity index (χ4n) is 0.905. The summed E-state index contributed by atoms with van der Waals surface area (Å²) < 4.78 is 0. The third-order valence-electron chi connectivity index (χ3n) is 1.56. The van der Waals surface area contributed by atoms with Crippen LogP contribution in [0.4, 0.5) is 0 Å². The zero-order valence-electron chi connectivity index (χ0n) is 7.40. The number of H-pyrrole nitrogens is 1. The van der Waals surface area contributed by atoms with Crippen LogP contribution in [0.5, 0.6) is 0 Å². The molecule has 70 valence electrons. The van der Waals surface area contributed by atoms with Crippen molar-refractivity contribution >= 4 is 5.91 Å². The third-order valence-corrected chi connectivity index (χ3v) is 1.56. The molecule has 0 saturated heterocycles. The summed E-state index contributed by atoms with van der Waals surface area (Å²) in [7, 11) is 0. The van der Waals surface area contributed by atoms with Crippen LogP contribution in [-0.4, -0.2) is 44.5 Å². The third kappa shape index (κ3) is 2.11. The number of likely N-dealkylation sites (N-methyl/N-ethyl adjacent to an activating group) is 1. The maximum atomic E-state index is 11.5. The van der Waals surface area contributed by atoms with Crippen molar-refractivity contribution in [3.05, 3.63) is 18.5 Å². The average Bonchev–Trinajstić information content (AvgIpc) is 2.65. The molecule has 0 aliphatic rings. The van der Waals surface area contributed by atoms with Gasteiger partial charge in [0.05, 0.1) is 0 Å². The summed E-state index contributed by atoms with van der Waals surface area (Å²) in [6.45, 7) is 6.52. The number of amides is 1. The maximum Gasteiger partial charge on any atom is 0.295 e. The molecule has 0 bridgehead atoms. The standard InChI is InChI=1S/C7H11N5O/c1-3-5-12(4-2)7(13)6-8-10-11-9-6/h3H,1,4-5H2,2H3,(H,8,9,10,11). The molecule has 6 heteroatoms. The highest BCUT2D eigenvalue weighted by Crippen LogP contribution is 1.96. The predicted octanol–water partition coefficient (Wildman–Crippen LogP) is -0.152. The van der Waals surface area contributed by atoms with Crippen molar-refractivity contribution in [2.24, 2.45) is 0 Å². The molecular formula is C7H11N5O. The molecule has 6 nitrogen and oxygen atoms in total. The second-order valence-electron chi connectivity index (χ2n) is 2.37. The molecule has 1 N–H and O–H groups in total. The lowest BCUT2D eigenvalue weighted by Crippen LogP contribution is -2.31. The first kappa shape index (κ1) is 9.37. The van der Waals surface area contributed by atoms with Crippen molar-refractivity contribution in [3.63, 3.8) is 0 Å². The van der Waals surface area contributed by atoms with Crippen LogP contribution in [0.3, 0.4) is 0 Å². The van der Waals surface area contributed by atoms with Gasteiger partial charge in [0.25, 0.3) is 11.7 Å². The fourth-order valence-corrected chi connectivity index (χ4v) is 0.905. The molecule has 1 rings (SSSR count). The first-order chi connectivity index (χ1) is 6.29. The van der Waals surface area contributed by atoms with Gasteiger partial charge in [0.1, 0.15) is 0 Å². The van der Waals surface area contributed by atoms with Crippen molar-refractivity contribution in [1.29, 1.82) is 0 Å². The van der Waals surface area contributed by atoms with Crippen LogP contribution in [0, 0.1) is 0 Å². The summed E-state index contributed by atoms with van der Waals surface area (Å²) in [5.41, 5.74) is 0. The largest absolute Gasteiger partial charge is 0.332 e. The molecule has 0 fully saturated rings. The average molecular weight is 181 g/mol. The highest BCUT2D eigenvalue weighted by Gasteiger charge is 2.16. The molecule has 0 aliphatic heterocycles. The van der Waals surface area contributed by atoms with Crippen LogP contribution >= 0.6 is 0 Å². The second-order valence-corrected chi connectivity index (χ2v) is 2.37. The Hall–Kier alpha value is -1.72. The number of aromatic nitrogens is 4. The van der Waals surface area contributed by atoms with Gasteiger partial charge in [-0.15, -0.1) is 16.8 Å². The lowest BCUT2D eigenvalue weighted by Gasteiger charge is -2.15. The molecule has 1 aromatic rings. The Kier molecular flexibility index (Phi) is 3.13. The lowest BCUT2D eigenvalue weighted by molar-refractivity contribution is 0.0770. The Morgan fingerprint density at radius 1 is 1.77 bits per heavy atom. The van der Waals surface area contributed by atoms with Gasteiger partial charge in [-0.05, 0) is 12.1 Å². The van der Waals surface area contributed by atoms with E-state index in [2.05, 4.69) is 27.2 Å². The summed E-state index contributed by atoms with van der Waals surface area (Å²) in [6, 6.07) is 0. The van der Waals surface area contributed by atoms with Gasteiger partial charge < -0.3 is 4.90 Å². The van der Waals surface area contributed by atoms with E-state index in [4.69, 9.17) is 0 Å². The van der Waals surface area contributed by atoms with Crippen LogP contribution in [-0.2, 0) is 0 Å². The molecule has 1 aromatic heterocycles. The number of carbonyl (C=O) groups excluding carboxylic acids is 1. The van der Waals surface area contributed by atoms with Gasteiger partial charge in [-0.1, -0.05) is 6.08 Å². The zero-order chi connectivity index (χ0) is 9.68. The molecule has 0 saturated carbocycles. The van der Waals surface area contributed by atoms with E-state index in [1.54, 1.807) is 11.0 Å². The lowest BCUT2D eigenvalue weighted by atomic mass is 10.4. The highest BCUT2D eigenvalue weighted by molar-refractivity contribution is 5.90. The maximum absolute atomic E-state index is 11.5. The van der Waals surface area contributed by atoms with Crippen LogP contribution in [0.2, 0.25) is 0 Å². The van der Waals surface area contributed by atoms with Crippen LogP contribution in [0.1, 0.15) is 17.5 Å². The highest BCUT2D eigenvalue weighted by atomic mass is 16.2. The molecule has 0 aromatic carbocycles. The molecule has 0 atom stereocenters. The Labute approximate surface area is 75.6 Å². The van der Waals surface area contributed by atoms with Gasteiger partial charge in [0, 0.05) is 13.1 Å². The summed E-state index contributed by atoms with van der Waals surface area (Å²) in [6.07, 6.45) is 1.65. The number of tetrazole rings is 1. The summed E-state index contributed by atoms with van der Waals surface area (Å²) >= 11 is 0. The molecule has 0 spiro atoms. The van der Waals surface area contributed by atoms with E-state index in [1.165, 1.54) is 0 Å². The van der Waals surface area contributed by atoms with E-state index >= 15 is 0 Å². The van der Waals surface area contributed by atoms with Crippen LogP contribution < -0.4 is 0 Å². The smallest absolute Gasteiger partial charge is 0.295 e. The van der Waals surface area contributed by atoms with Crippen molar-refractivity contribution < 1.29 is 4.79 Å². The van der Waals surface area contributed by atoms with E-state index in [0.717, 1.165) is 0 Å². The number of hydrogen-bond acceptors (Lipinski definition) is 4. The van der Waals surface area contributed by atoms with Crippen LogP contribution in [0.15, 0.2) is 12.7 Å². The second kappa shape index (κ2) is 4.34. The fraction of sp³-hybridized carbons (Fsp3) is 0.429. The number of nitrogens with zero attached hydrogens (tertiary/aromatic N) is 4. The van der Waals surface area contributed by atoms with Crippen molar-refractivity contribution in [2.45, 2.75) is 6.92 Å². The summed E-state index contributed by atoms with van der Waals surface area (Å²) in [5.74, 6) is -0.153. The first-order valence-corrected chi connectivity index (χ1v) is 3.93. The SMILES string of the molecule is C=CCN(CC)C(=O)c1nn[nH]n1. The molecule has 0 unspecified atom stereocenters. The van der Waals surface area contributed by atoms with E-state index in [-0.39, 0.29) is 11.7 Å². The van der Waals surface area contributed by atoms with Gasteiger partial charge in [0.15, 0.2) is 0 Å². The minimum absolute atomic E-state index is 0.0868. The van der Waals surface area contributed by atoms with E-state index < -0.39 is 0 Å². The minimum Gasteiger partial charge on any atom is -0.332 e. The predicted molar refractivity (Wildman–Crippen MR) is 46.0 cm³/mol. The van der Waals surface area contributed by atoms with Crippen molar-refractivity contribution in [3.8, 4) is 0 Å². The monoisotopic (exact) mass is 181 g/mol. The number of nitrogens with one attached hydrogen (secondary N) is 1. The van der Waals surface area contributed by atoms with E-state index in [9.17, 15) is 4.79 Å². The first-order valence-electron chi connectivity index (χ1n) is 3.93. The Morgan fingerprint density at radius 2 is 2.54 bits per heavy atom. The number of aromatic amines is 1. The van der Waals surface area contributed by atoms with Crippen molar-refractivity contribution in [2.75, 3.05) is 13.1 Å². The van der Waals surface area contributed by atoms with Gasteiger partial charge in [-0.3, -0.25) is 4.79 Å². The summed E-state index contributed by atoms with van der Waals surface area (Å²) in [5, 5.41) is 12.7.